The Balaban J connectivity index is 1.92. The lowest BCUT2D eigenvalue weighted by Crippen LogP contribution is -2.39. The summed E-state index contributed by atoms with van der Waals surface area (Å²) < 4.78 is 6.07. The predicted molar refractivity (Wildman–Crippen MR) is 79.4 cm³/mol. The summed E-state index contributed by atoms with van der Waals surface area (Å²) in [5.74, 6) is 1.58. The molecule has 1 aliphatic heterocycles. The van der Waals surface area contributed by atoms with E-state index in [9.17, 15) is 0 Å². The van der Waals surface area contributed by atoms with Crippen LogP contribution in [0.2, 0.25) is 0 Å². The van der Waals surface area contributed by atoms with Crippen LogP contribution in [0.3, 0.4) is 0 Å². The summed E-state index contributed by atoms with van der Waals surface area (Å²) in [6.07, 6.45) is 2.81. The molecule has 1 aromatic carbocycles. The third-order valence-corrected chi connectivity index (χ3v) is 4.05. The molecule has 3 unspecified atom stereocenters. The van der Waals surface area contributed by atoms with Crippen molar-refractivity contribution in [2.24, 2.45) is 11.7 Å². The van der Waals surface area contributed by atoms with Crippen molar-refractivity contribution in [1.29, 1.82) is 0 Å². The largest absolute Gasteiger partial charge is 0.490 e. The lowest BCUT2D eigenvalue weighted by Gasteiger charge is -2.33. The number of nitrogens with two attached hydrogens (primary N) is 1. The number of ether oxygens (including phenoxy) is 1. The molecule has 0 saturated carbocycles. The third kappa shape index (κ3) is 3.95. The summed E-state index contributed by atoms with van der Waals surface area (Å²) in [5.41, 5.74) is 7.00. The van der Waals surface area contributed by atoms with E-state index in [4.69, 9.17) is 10.5 Å². The summed E-state index contributed by atoms with van der Waals surface area (Å²) in [6.45, 7) is 6.53. The zero-order valence-electron chi connectivity index (χ0n) is 12.3. The van der Waals surface area contributed by atoms with E-state index in [0.29, 0.717) is 5.92 Å². The number of hydrogen-bond donors (Lipinski definition) is 1. The molecule has 1 saturated heterocycles. The smallest absolute Gasteiger partial charge is 0.119 e. The Hall–Kier alpha value is -1.06. The third-order valence-electron chi connectivity index (χ3n) is 4.05. The summed E-state index contributed by atoms with van der Waals surface area (Å²) in [4.78, 5) is 2.40. The number of likely N-dealkylation sites (tertiary alicyclic amines) is 1. The summed E-state index contributed by atoms with van der Waals surface area (Å²) >= 11 is 0. The topological polar surface area (TPSA) is 38.5 Å². The van der Waals surface area contributed by atoms with E-state index in [0.717, 1.165) is 17.9 Å². The first-order chi connectivity index (χ1) is 9.06. The molecular weight excluding hydrogens is 236 g/mol. The molecule has 0 aromatic heterocycles. The standard InChI is InChI=1S/C16H26N2O/c1-12(17)14-6-8-16(9-7-14)19-13(2)15-5-4-10-18(3)11-15/h6-9,12-13,15H,4-5,10-11,17H2,1-3H3. The highest BCUT2D eigenvalue weighted by atomic mass is 16.5. The fraction of sp³-hybridized carbons (Fsp3) is 0.625. The molecule has 1 heterocycles. The zero-order valence-corrected chi connectivity index (χ0v) is 12.3. The Morgan fingerprint density at radius 3 is 2.53 bits per heavy atom. The van der Waals surface area contributed by atoms with Gasteiger partial charge in [0.25, 0.3) is 0 Å². The molecule has 0 bridgehead atoms. The van der Waals surface area contributed by atoms with Gasteiger partial charge < -0.3 is 15.4 Å². The van der Waals surface area contributed by atoms with E-state index in [2.05, 4.69) is 31.0 Å². The molecule has 3 atom stereocenters. The second-order valence-corrected chi connectivity index (χ2v) is 5.85. The Bertz CT molecular complexity index is 388. The van der Waals surface area contributed by atoms with Crippen LogP contribution in [-0.2, 0) is 0 Å². The van der Waals surface area contributed by atoms with Crippen LogP contribution in [0.25, 0.3) is 0 Å². The highest BCUT2D eigenvalue weighted by Gasteiger charge is 2.24. The molecule has 3 heteroatoms. The molecule has 0 amide bonds. The number of rotatable bonds is 4. The molecule has 1 fully saturated rings. The van der Waals surface area contributed by atoms with Gasteiger partial charge in [-0.1, -0.05) is 12.1 Å². The van der Waals surface area contributed by atoms with Gasteiger partial charge in [0.15, 0.2) is 0 Å². The van der Waals surface area contributed by atoms with Crippen molar-refractivity contribution < 1.29 is 4.74 Å². The minimum Gasteiger partial charge on any atom is -0.490 e. The second kappa shape index (κ2) is 6.40. The average molecular weight is 262 g/mol. The van der Waals surface area contributed by atoms with E-state index in [1.54, 1.807) is 0 Å². The van der Waals surface area contributed by atoms with Gasteiger partial charge >= 0.3 is 0 Å². The molecule has 0 spiro atoms. The highest BCUT2D eigenvalue weighted by molar-refractivity contribution is 5.28. The first kappa shape index (κ1) is 14.4. The van der Waals surface area contributed by atoms with Crippen LogP contribution in [0.4, 0.5) is 0 Å². The van der Waals surface area contributed by atoms with Crippen LogP contribution < -0.4 is 10.5 Å². The molecule has 2 N–H and O–H groups in total. The Labute approximate surface area is 116 Å². The van der Waals surface area contributed by atoms with Crippen LogP contribution >= 0.6 is 0 Å². The molecule has 0 radical (unpaired) electrons. The van der Waals surface area contributed by atoms with Gasteiger partial charge in [0.2, 0.25) is 0 Å². The van der Waals surface area contributed by atoms with Crippen LogP contribution in [0, 0.1) is 5.92 Å². The normalized spacial score (nSPS) is 23.9. The van der Waals surface area contributed by atoms with Crippen LogP contribution in [0.5, 0.6) is 5.75 Å². The average Bonchev–Trinajstić information content (AvgIpc) is 2.39. The molecule has 1 aliphatic rings. The van der Waals surface area contributed by atoms with Crippen molar-refractivity contribution >= 4 is 0 Å². The fourth-order valence-corrected chi connectivity index (χ4v) is 2.75. The summed E-state index contributed by atoms with van der Waals surface area (Å²) in [7, 11) is 2.19. The van der Waals surface area contributed by atoms with Crippen molar-refractivity contribution in [3.8, 4) is 5.75 Å². The minimum absolute atomic E-state index is 0.0819. The van der Waals surface area contributed by atoms with Gasteiger partial charge in [-0.05, 0) is 58.0 Å². The molecule has 2 rings (SSSR count). The quantitative estimate of drug-likeness (QED) is 0.907. The monoisotopic (exact) mass is 262 g/mol. The van der Waals surface area contributed by atoms with Gasteiger partial charge in [-0.2, -0.15) is 0 Å². The molecule has 1 aromatic rings. The van der Waals surface area contributed by atoms with Crippen molar-refractivity contribution in [2.45, 2.75) is 38.8 Å². The molecular formula is C16H26N2O. The maximum absolute atomic E-state index is 6.07. The minimum atomic E-state index is 0.0819. The van der Waals surface area contributed by atoms with Crippen molar-refractivity contribution in [3.05, 3.63) is 29.8 Å². The van der Waals surface area contributed by atoms with Crippen LogP contribution in [-0.4, -0.2) is 31.1 Å². The van der Waals surface area contributed by atoms with Gasteiger partial charge in [-0.3, -0.25) is 0 Å². The van der Waals surface area contributed by atoms with Crippen molar-refractivity contribution in [3.63, 3.8) is 0 Å². The lowest BCUT2D eigenvalue weighted by molar-refractivity contribution is 0.0901. The maximum atomic E-state index is 6.07. The first-order valence-electron chi connectivity index (χ1n) is 7.27. The van der Waals surface area contributed by atoms with E-state index >= 15 is 0 Å². The predicted octanol–water partition coefficient (Wildman–Crippen LogP) is 2.82. The van der Waals surface area contributed by atoms with Gasteiger partial charge in [0, 0.05) is 18.5 Å². The van der Waals surface area contributed by atoms with E-state index in [-0.39, 0.29) is 12.1 Å². The van der Waals surface area contributed by atoms with E-state index < -0.39 is 0 Å². The first-order valence-corrected chi connectivity index (χ1v) is 7.27. The second-order valence-electron chi connectivity index (χ2n) is 5.85. The van der Waals surface area contributed by atoms with Crippen LogP contribution in [0.15, 0.2) is 24.3 Å². The summed E-state index contributed by atoms with van der Waals surface area (Å²) in [5, 5.41) is 0. The Morgan fingerprint density at radius 1 is 1.26 bits per heavy atom. The number of benzene rings is 1. The van der Waals surface area contributed by atoms with Crippen LogP contribution in [0.1, 0.15) is 38.3 Å². The molecule has 106 valence electrons. The Morgan fingerprint density at radius 2 is 1.95 bits per heavy atom. The molecule has 3 nitrogen and oxygen atoms in total. The maximum Gasteiger partial charge on any atom is 0.119 e. The number of piperidine rings is 1. The van der Waals surface area contributed by atoms with Gasteiger partial charge in [-0.25, -0.2) is 0 Å². The van der Waals surface area contributed by atoms with Crippen molar-refractivity contribution in [2.75, 3.05) is 20.1 Å². The van der Waals surface area contributed by atoms with Gasteiger partial charge in [-0.15, -0.1) is 0 Å². The van der Waals surface area contributed by atoms with Gasteiger partial charge in [0.1, 0.15) is 5.75 Å². The van der Waals surface area contributed by atoms with Gasteiger partial charge in [0.05, 0.1) is 6.10 Å². The number of hydrogen-bond acceptors (Lipinski definition) is 3. The Kier molecular flexibility index (Phi) is 4.83. The summed E-state index contributed by atoms with van der Waals surface area (Å²) in [6, 6.07) is 8.25. The van der Waals surface area contributed by atoms with E-state index in [1.165, 1.54) is 19.4 Å². The zero-order chi connectivity index (χ0) is 13.8. The fourth-order valence-electron chi connectivity index (χ4n) is 2.75. The lowest BCUT2D eigenvalue weighted by atomic mass is 9.93. The van der Waals surface area contributed by atoms with E-state index in [1.807, 2.05) is 19.1 Å². The molecule has 0 aliphatic carbocycles. The molecule has 19 heavy (non-hydrogen) atoms. The highest BCUT2D eigenvalue weighted by Crippen LogP contribution is 2.24. The number of nitrogens with zero attached hydrogens (tertiary/aromatic N) is 1. The van der Waals surface area contributed by atoms with Crippen molar-refractivity contribution in [1.82, 2.24) is 4.90 Å². The SMILES string of the molecule is CC(N)c1ccc(OC(C)C2CCCN(C)C2)cc1.